The molecule has 1 aromatic carbocycles. The van der Waals surface area contributed by atoms with Crippen molar-refractivity contribution < 1.29 is 14.3 Å². The standard InChI is InChI=1S/C18H18N2O3/c21-17(10-5-7-13-6-3-4-11-19-13)20-15-12-23-16-9-2-1-8-14(16)18(15)22/h1-4,6,8-9,11,15H,5,7,10,12H2,(H,20,21)/t15-/m0/s1. The number of ketones is 1. The van der Waals surface area contributed by atoms with Gasteiger partial charge in [-0.1, -0.05) is 18.2 Å². The number of nitrogens with one attached hydrogen (secondary N) is 1. The van der Waals surface area contributed by atoms with Gasteiger partial charge in [-0.25, -0.2) is 0 Å². The fourth-order valence-electron chi connectivity index (χ4n) is 2.58. The third kappa shape index (κ3) is 3.74. The van der Waals surface area contributed by atoms with Gasteiger partial charge in [0.25, 0.3) is 0 Å². The van der Waals surface area contributed by atoms with Gasteiger partial charge >= 0.3 is 0 Å². The Hall–Kier alpha value is -2.69. The quantitative estimate of drug-likeness (QED) is 0.919. The van der Waals surface area contributed by atoms with Crippen molar-refractivity contribution in [3.8, 4) is 5.75 Å². The van der Waals surface area contributed by atoms with Crippen LogP contribution in [0.1, 0.15) is 28.9 Å². The molecule has 1 aliphatic heterocycles. The zero-order valence-corrected chi connectivity index (χ0v) is 12.7. The first-order valence-corrected chi connectivity index (χ1v) is 7.69. The molecule has 1 amide bonds. The van der Waals surface area contributed by atoms with Crippen LogP contribution in [0.2, 0.25) is 0 Å². The number of Topliss-reactive ketones (excluding diaryl/α,β-unsaturated/α-hetero) is 1. The molecule has 0 saturated carbocycles. The van der Waals surface area contributed by atoms with Gasteiger partial charge in [0.2, 0.25) is 5.91 Å². The lowest BCUT2D eigenvalue weighted by Crippen LogP contribution is -2.47. The number of rotatable bonds is 5. The highest BCUT2D eigenvalue weighted by atomic mass is 16.5. The zero-order chi connectivity index (χ0) is 16.1. The molecule has 2 heterocycles. The lowest BCUT2D eigenvalue weighted by molar-refractivity contribution is -0.121. The molecule has 1 aliphatic rings. The monoisotopic (exact) mass is 310 g/mol. The molecule has 118 valence electrons. The normalized spacial score (nSPS) is 16.3. The average molecular weight is 310 g/mol. The molecule has 0 aliphatic carbocycles. The van der Waals surface area contributed by atoms with E-state index in [0.717, 1.165) is 12.1 Å². The maximum absolute atomic E-state index is 12.3. The van der Waals surface area contributed by atoms with E-state index >= 15 is 0 Å². The molecular formula is C18H18N2O3. The van der Waals surface area contributed by atoms with Crippen molar-refractivity contribution in [1.82, 2.24) is 10.3 Å². The summed E-state index contributed by atoms with van der Waals surface area (Å²) in [7, 11) is 0. The molecule has 0 spiro atoms. The van der Waals surface area contributed by atoms with E-state index in [1.165, 1.54) is 0 Å². The van der Waals surface area contributed by atoms with Gasteiger partial charge in [0.05, 0.1) is 5.56 Å². The summed E-state index contributed by atoms with van der Waals surface area (Å²) in [4.78, 5) is 28.6. The van der Waals surface area contributed by atoms with Crippen molar-refractivity contribution in [2.45, 2.75) is 25.3 Å². The van der Waals surface area contributed by atoms with Crippen molar-refractivity contribution in [3.63, 3.8) is 0 Å². The van der Waals surface area contributed by atoms with Gasteiger partial charge in [0.15, 0.2) is 5.78 Å². The molecule has 1 aromatic heterocycles. The van der Waals surface area contributed by atoms with Crippen molar-refractivity contribution in [2.24, 2.45) is 0 Å². The van der Waals surface area contributed by atoms with Gasteiger partial charge in [0.1, 0.15) is 18.4 Å². The lowest BCUT2D eigenvalue weighted by atomic mass is 10.0. The highest BCUT2D eigenvalue weighted by Crippen LogP contribution is 2.24. The van der Waals surface area contributed by atoms with Crippen LogP contribution in [0.5, 0.6) is 5.75 Å². The number of para-hydroxylation sites is 1. The third-order valence-corrected chi connectivity index (χ3v) is 3.77. The zero-order valence-electron chi connectivity index (χ0n) is 12.7. The minimum Gasteiger partial charge on any atom is -0.490 e. The molecule has 0 unspecified atom stereocenters. The lowest BCUT2D eigenvalue weighted by Gasteiger charge is -2.24. The molecule has 2 aromatic rings. The number of hydrogen-bond acceptors (Lipinski definition) is 4. The number of ether oxygens (including phenoxy) is 1. The van der Waals surface area contributed by atoms with E-state index in [9.17, 15) is 9.59 Å². The molecule has 5 heteroatoms. The number of benzene rings is 1. The molecule has 3 rings (SSSR count). The molecule has 1 N–H and O–H groups in total. The summed E-state index contributed by atoms with van der Waals surface area (Å²) in [5.74, 6) is 0.352. The molecule has 0 saturated heterocycles. The molecule has 0 fully saturated rings. The topological polar surface area (TPSA) is 68.3 Å². The number of aromatic nitrogens is 1. The van der Waals surface area contributed by atoms with Crippen LogP contribution in [-0.4, -0.2) is 29.3 Å². The Balaban J connectivity index is 1.50. The van der Waals surface area contributed by atoms with Crippen molar-refractivity contribution in [2.75, 3.05) is 6.61 Å². The van der Waals surface area contributed by atoms with E-state index in [-0.39, 0.29) is 18.3 Å². The van der Waals surface area contributed by atoms with E-state index in [0.29, 0.717) is 24.2 Å². The molecular weight excluding hydrogens is 292 g/mol. The minimum atomic E-state index is -0.604. The van der Waals surface area contributed by atoms with E-state index in [4.69, 9.17) is 4.74 Å². The summed E-state index contributed by atoms with van der Waals surface area (Å²) < 4.78 is 5.54. The number of amides is 1. The minimum absolute atomic E-state index is 0.0927. The summed E-state index contributed by atoms with van der Waals surface area (Å²) in [6, 6.07) is 12.2. The van der Waals surface area contributed by atoms with E-state index in [1.54, 1.807) is 24.4 Å². The first-order chi connectivity index (χ1) is 11.2. The second-order valence-corrected chi connectivity index (χ2v) is 5.47. The van der Waals surface area contributed by atoms with Crippen LogP contribution in [0.4, 0.5) is 0 Å². The Bertz CT molecular complexity index is 700. The van der Waals surface area contributed by atoms with Crippen LogP contribution in [0, 0.1) is 0 Å². The predicted octanol–water partition coefficient (Wildman–Crippen LogP) is 2.16. The van der Waals surface area contributed by atoms with Crippen molar-refractivity contribution in [1.29, 1.82) is 0 Å². The van der Waals surface area contributed by atoms with E-state index < -0.39 is 6.04 Å². The fourth-order valence-corrected chi connectivity index (χ4v) is 2.58. The van der Waals surface area contributed by atoms with Crippen LogP contribution in [0.25, 0.3) is 0 Å². The SMILES string of the molecule is O=C(CCCc1ccccn1)N[C@H]1COc2ccccc2C1=O. The summed E-state index contributed by atoms with van der Waals surface area (Å²) in [5, 5.41) is 2.76. The van der Waals surface area contributed by atoms with Crippen LogP contribution in [0.3, 0.4) is 0 Å². The molecule has 5 nitrogen and oxygen atoms in total. The Morgan fingerprint density at radius 3 is 2.87 bits per heavy atom. The number of pyridine rings is 1. The number of carbonyl (C=O) groups excluding carboxylic acids is 2. The van der Waals surface area contributed by atoms with Crippen LogP contribution in [0.15, 0.2) is 48.7 Å². The Kier molecular flexibility index (Phi) is 4.66. The maximum Gasteiger partial charge on any atom is 0.220 e. The van der Waals surface area contributed by atoms with Gasteiger partial charge in [-0.15, -0.1) is 0 Å². The fraction of sp³-hybridized carbons (Fsp3) is 0.278. The van der Waals surface area contributed by atoms with Gasteiger partial charge < -0.3 is 10.1 Å². The van der Waals surface area contributed by atoms with Gasteiger partial charge in [0, 0.05) is 18.3 Å². The van der Waals surface area contributed by atoms with Crippen LogP contribution >= 0.6 is 0 Å². The highest BCUT2D eigenvalue weighted by Gasteiger charge is 2.29. The number of carbonyl (C=O) groups is 2. The van der Waals surface area contributed by atoms with Gasteiger partial charge in [-0.05, 0) is 37.1 Å². The summed E-state index contributed by atoms with van der Waals surface area (Å²) in [6.45, 7) is 0.182. The van der Waals surface area contributed by atoms with Crippen molar-refractivity contribution in [3.05, 3.63) is 59.9 Å². The van der Waals surface area contributed by atoms with Crippen LogP contribution < -0.4 is 10.1 Å². The Morgan fingerprint density at radius 2 is 2.04 bits per heavy atom. The molecule has 0 radical (unpaired) electrons. The van der Waals surface area contributed by atoms with Crippen molar-refractivity contribution >= 4 is 11.7 Å². The number of aryl methyl sites for hydroxylation is 1. The summed E-state index contributed by atoms with van der Waals surface area (Å²) >= 11 is 0. The smallest absolute Gasteiger partial charge is 0.220 e. The second kappa shape index (κ2) is 7.05. The van der Waals surface area contributed by atoms with Crippen LogP contribution in [-0.2, 0) is 11.2 Å². The van der Waals surface area contributed by atoms with E-state index in [1.807, 2.05) is 24.3 Å². The average Bonchev–Trinajstić information content (AvgIpc) is 2.59. The molecule has 0 bridgehead atoms. The Morgan fingerprint density at radius 1 is 1.22 bits per heavy atom. The summed E-state index contributed by atoms with van der Waals surface area (Å²) in [6.07, 6.45) is 3.54. The highest BCUT2D eigenvalue weighted by molar-refractivity contribution is 6.04. The Labute approximate surface area is 134 Å². The van der Waals surface area contributed by atoms with E-state index in [2.05, 4.69) is 10.3 Å². The third-order valence-electron chi connectivity index (χ3n) is 3.77. The maximum atomic E-state index is 12.3. The number of hydrogen-bond donors (Lipinski definition) is 1. The molecule has 1 atom stereocenters. The van der Waals surface area contributed by atoms with Gasteiger partial charge in [-0.3, -0.25) is 14.6 Å². The number of nitrogens with zero attached hydrogens (tertiary/aromatic N) is 1. The first-order valence-electron chi connectivity index (χ1n) is 7.69. The van der Waals surface area contributed by atoms with Gasteiger partial charge in [-0.2, -0.15) is 0 Å². The predicted molar refractivity (Wildman–Crippen MR) is 85.4 cm³/mol. The summed E-state index contributed by atoms with van der Waals surface area (Å²) in [5.41, 5.74) is 1.49. The molecule has 23 heavy (non-hydrogen) atoms. The largest absolute Gasteiger partial charge is 0.490 e. The second-order valence-electron chi connectivity index (χ2n) is 5.47. The number of fused-ring (bicyclic) bond motifs is 1. The first kappa shape index (κ1) is 15.2.